The van der Waals surface area contributed by atoms with Crippen molar-refractivity contribution in [3.8, 4) is 11.5 Å². The molecule has 0 aliphatic carbocycles. The van der Waals surface area contributed by atoms with Gasteiger partial charge in [0.2, 0.25) is 6.08 Å². The highest BCUT2D eigenvalue weighted by molar-refractivity contribution is 7.98. The van der Waals surface area contributed by atoms with Gasteiger partial charge in [0.05, 0.1) is 20.8 Å². The molecule has 4 nitrogen and oxygen atoms in total. The molecule has 0 amide bonds. The minimum absolute atomic E-state index is 0.306. The van der Waals surface area contributed by atoms with Crippen molar-refractivity contribution < 1.29 is 14.3 Å². The molecule has 0 spiro atoms. The molecule has 1 aromatic carbocycles. The maximum Gasteiger partial charge on any atom is 0.235 e. The summed E-state index contributed by atoms with van der Waals surface area (Å²) in [4.78, 5) is 14.7. The SMILES string of the molecule is COc1cc(CN=C=O)c(SC)cc1OC. The largest absolute Gasteiger partial charge is 0.493 e. The molecule has 16 heavy (non-hydrogen) atoms. The van der Waals surface area contributed by atoms with Crippen LogP contribution >= 0.6 is 11.8 Å². The molecule has 0 atom stereocenters. The molecule has 1 rings (SSSR count). The van der Waals surface area contributed by atoms with Crippen LogP contribution in [0.3, 0.4) is 0 Å². The van der Waals surface area contributed by atoms with Crippen LogP contribution in [0.5, 0.6) is 11.5 Å². The van der Waals surface area contributed by atoms with Gasteiger partial charge in [-0.3, -0.25) is 0 Å². The van der Waals surface area contributed by atoms with Gasteiger partial charge in [-0.05, 0) is 24.0 Å². The van der Waals surface area contributed by atoms with Gasteiger partial charge in [0, 0.05) is 4.90 Å². The van der Waals surface area contributed by atoms with Gasteiger partial charge in [-0.1, -0.05) is 0 Å². The summed E-state index contributed by atoms with van der Waals surface area (Å²) >= 11 is 1.57. The number of rotatable bonds is 5. The van der Waals surface area contributed by atoms with Crippen LogP contribution in [0.4, 0.5) is 0 Å². The second kappa shape index (κ2) is 6.20. The molecule has 0 saturated carbocycles. The average Bonchev–Trinajstić information content (AvgIpc) is 2.35. The third-order valence-electron chi connectivity index (χ3n) is 2.10. The fourth-order valence-electron chi connectivity index (χ4n) is 1.33. The molecule has 0 radical (unpaired) electrons. The summed E-state index contributed by atoms with van der Waals surface area (Å²) in [7, 11) is 3.16. The Hall–Kier alpha value is -1.45. The van der Waals surface area contributed by atoms with Crippen molar-refractivity contribution in [3.63, 3.8) is 0 Å². The zero-order valence-corrected chi connectivity index (χ0v) is 10.3. The van der Waals surface area contributed by atoms with Gasteiger partial charge in [0.25, 0.3) is 0 Å². The Labute approximate surface area is 98.7 Å². The van der Waals surface area contributed by atoms with Gasteiger partial charge in [-0.25, -0.2) is 9.79 Å². The first kappa shape index (κ1) is 12.6. The first-order valence-electron chi connectivity index (χ1n) is 4.59. The van der Waals surface area contributed by atoms with Gasteiger partial charge in [0.15, 0.2) is 11.5 Å². The highest BCUT2D eigenvalue weighted by Crippen LogP contribution is 2.34. The van der Waals surface area contributed by atoms with E-state index in [1.54, 1.807) is 26.0 Å². The number of isocyanates is 1. The van der Waals surface area contributed by atoms with E-state index in [0.29, 0.717) is 18.0 Å². The molecule has 1 aromatic rings. The number of ether oxygens (including phenoxy) is 2. The second-order valence-electron chi connectivity index (χ2n) is 2.93. The number of thioether (sulfide) groups is 1. The minimum Gasteiger partial charge on any atom is -0.493 e. The molecule has 0 bridgehead atoms. The van der Waals surface area contributed by atoms with Gasteiger partial charge in [-0.2, -0.15) is 0 Å². The highest BCUT2D eigenvalue weighted by Gasteiger charge is 2.10. The quantitative estimate of drug-likeness (QED) is 0.449. The van der Waals surface area contributed by atoms with E-state index in [1.807, 2.05) is 18.4 Å². The van der Waals surface area contributed by atoms with Crippen LogP contribution in [0.15, 0.2) is 22.0 Å². The molecule has 0 N–H and O–H groups in total. The molecular weight excluding hydrogens is 226 g/mol. The van der Waals surface area contributed by atoms with Crippen LogP contribution in [0.2, 0.25) is 0 Å². The molecule has 86 valence electrons. The van der Waals surface area contributed by atoms with E-state index in [2.05, 4.69) is 4.99 Å². The van der Waals surface area contributed by atoms with Crippen molar-refractivity contribution >= 4 is 17.8 Å². The lowest BCUT2D eigenvalue weighted by atomic mass is 10.2. The van der Waals surface area contributed by atoms with Crippen molar-refractivity contribution in [1.82, 2.24) is 0 Å². The molecular formula is C11H13NO3S. The lowest BCUT2D eigenvalue weighted by Crippen LogP contribution is -1.94. The monoisotopic (exact) mass is 239 g/mol. The summed E-state index contributed by atoms with van der Waals surface area (Å²) in [5.41, 5.74) is 0.925. The third-order valence-corrected chi connectivity index (χ3v) is 2.92. The molecule has 0 saturated heterocycles. The zero-order chi connectivity index (χ0) is 12.0. The molecule has 0 heterocycles. The number of benzene rings is 1. The fraction of sp³-hybridized carbons (Fsp3) is 0.364. The second-order valence-corrected chi connectivity index (χ2v) is 3.77. The van der Waals surface area contributed by atoms with Crippen LogP contribution in [-0.2, 0) is 11.3 Å². The maximum atomic E-state index is 10.1. The minimum atomic E-state index is 0.306. The van der Waals surface area contributed by atoms with E-state index in [9.17, 15) is 4.79 Å². The van der Waals surface area contributed by atoms with E-state index >= 15 is 0 Å². The van der Waals surface area contributed by atoms with Crippen LogP contribution in [0, 0.1) is 0 Å². The molecule has 0 aliphatic rings. The highest BCUT2D eigenvalue weighted by atomic mass is 32.2. The van der Waals surface area contributed by atoms with E-state index in [1.165, 1.54) is 6.08 Å². The summed E-state index contributed by atoms with van der Waals surface area (Å²) in [6, 6.07) is 3.70. The van der Waals surface area contributed by atoms with Crippen molar-refractivity contribution in [2.45, 2.75) is 11.4 Å². The van der Waals surface area contributed by atoms with Gasteiger partial charge in [0.1, 0.15) is 0 Å². The maximum absolute atomic E-state index is 10.1. The van der Waals surface area contributed by atoms with Gasteiger partial charge < -0.3 is 9.47 Å². The smallest absolute Gasteiger partial charge is 0.235 e. The van der Waals surface area contributed by atoms with Crippen LogP contribution in [-0.4, -0.2) is 26.6 Å². The van der Waals surface area contributed by atoms with Crippen molar-refractivity contribution in [1.29, 1.82) is 0 Å². The predicted molar refractivity (Wildman–Crippen MR) is 63.2 cm³/mol. The summed E-state index contributed by atoms with van der Waals surface area (Å²) in [5.74, 6) is 1.31. The Morgan fingerprint density at radius 2 is 1.94 bits per heavy atom. The molecule has 0 aromatic heterocycles. The fourth-order valence-corrected chi connectivity index (χ4v) is 1.94. The van der Waals surface area contributed by atoms with Crippen molar-refractivity contribution in [3.05, 3.63) is 17.7 Å². The number of methoxy groups -OCH3 is 2. The Kier molecular flexibility index (Phi) is 4.89. The Morgan fingerprint density at radius 1 is 1.31 bits per heavy atom. The van der Waals surface area contributed by atoms with Crippen LogP contribution < -0.4 is 9.47 Å². The predicted octanol–water partition coefficient (Wildman–Crippen LogP) is 2.26. The molecule has 0 aliphatic heterocycles. The number of carbonyl (C=O) groups excluding carboxylic acids is 1. The molecule has 0 fully saturated rings. The summed E-state index contributed by atoms with van der Waals surface area (Å²) in [6.45, 7) is 0.306. The van der Waals surface area contributed by atoms with E-state index < -0.39 is 0 Å². The number of aliphatic imine (C=N–C) groups is 1. The first-order valence-corrected chi connectivity index (χ1v) is 5.81. The Morgan fingerprint density at radius 3 is 2.44 bits per heavy atom. The number of nitrogens with zero attached hydrogens (tertiary/aromatic N) is 1. The Bertz CT molecular complexity index is 414. The van der Waals surface area contributed by atoms with E-state index in [4.69, 9.17) is 9.47 Å². The standard InChI is InChI=1S/C11H13NO3S/c1-14-9-4-8(6-12-7-13)11(16-3)5-10(9)15-2/h4-5H,6H2,1-3H3. The average molecular weight is 239 g/mol. The first-order chi connectivity index (χ1) is 7.76. The van der Waals surface area contributed by atoms with E-state index in [0.717, 1.165) is 10.5 Å². The lowest BCUT2D eigenvalue weighted by Gasteiger charge is -2.12. The van der Waals surface area contributed by atoms with Crippen LogP contribution in [0.25, 0.3) is 0 Å². The summed E-state index contributed by atoms with van der Waals surface area (Å²) < 4.78 is 10.4. The number of hydrogen-bond acceptors (Lipinski definition) is 5. The molecule has 5 heteroatoms. The lowest BCUT2D eigenvalue weighted by molar-refractivity contribution is 0.353. The van der Waals surface area contributed by atoms with Crippen molar-refractivity contribution in [2.24, 2.45) is 4.99 Å². The van der Waals surface area contributed by atoms with Crippen LogP contribution in [0.1, 0.15) is 5.56 Å². The zero-order valence-electron chi connectivity index (χ0n) is 9.44. The van der Waals surface area contributed by atoms with Crippen molar-refractivity contribution in [2.75, 3.05) is 20.5 Å². The molecule has 0 unspecified atom stereocenters. The summed E-state index contributed by atoms with van der Waals surface area (Å²) in [6.07, 6.45) is 3.48. The Balaban J connectivity index is 3.19. The topological polar surface area (TPSA) is 47.9 Å². The van der Waals surface area contributed by atoms with Gasteiger partial charge in [-0.15, -0.1) is 11.8 Å². The van der Waals surface area contributed by atoms with E-state index in [-0.39, 0.29) is 0 Å². The normalized spacial score (nSPS) is 9.44. The number of hydrogen-bond donors (Lipinski definition) is 0. The van der Waals surface area contributed by atoms with Gasteiger partial charge >= 0.3 is 0 Å². The summed E-state index contributed by atoms with van der Waals surface area (Å²) in [5, 5.41) is 0. The third kappa shape index (κ3) is 2.78.